The highest BCUT2D eigenvalue weighted by Gasteiger charge is 2.34. The van der Waals surface area contributed by atoms with Crippen LogP contribution in [-0.4, -0.2) is 25.3 Å². The van der Waals surface area contributed by atoms with Gasteiger partial charge in [0.1, 0.15) is 6.23 Å². The van der Waals surface area contributed by atoms with Crippen molar-refractivity contribution in [3.05, 3.63) is 0 Å². The van der Waals surface area contributed by atoms with Crippen LogP contribution in [0.4, 0.5) is 0 Å². The van der Waals surface area contributed by atoms with Gasteiger partial charge in [-0.25, -0.2) is 0 Å². The lowest BCUT2D eigenvalue weighted by atomic mass is 9.80. The molecule has 0 radical (unpaired) electrons. The monoisotopic (exact) mass is 200 g/mol. The number of nitrogens with one attached hydrogen (secondary N) is 1. The van der Waals surface area contributed by atoms with E-state index in [1.165, 1.54) is 0 Å². The van der Waals surface area contributed by atoms with E-state index in [1.54, 1.807) is 6.92 Å². The molecule has 3 atom stereocenters. The molecule has 4 nitrogen and oxygen atoms in total. The van der Waals surface area contributed by atoms with Gasteiger partial charge in [-0.15, -0.1) is 0 Å². The molecule has 1 aliphatic heterocycles. The van der Waals surface area contributed by atoms with Crippen LogP contribution in [0.15, 0.2) is 0 Å². The third kappa shape index (κ3) is 2.69. The quantitative estimate of drug-likeness (QED) is 0.498. The summed E-state index contributed by atoms with van der Waals surface area (Å²) in [5.41, 5.74) is 5.43. The molecule has 14 heavy (non-hydrogen) atoms. The second kappa shape index (κ2) is 4.75. The number of carbonyl (C=O) groups excluding carboxylic acids is 1. The number of hydrogen-bond donors (Lipinski definition) is 2. The standard InChI is InChI=1S/C10H20N2O2/c1-6-4-12-5-7(2)9(6)10(13)14-8(3)11/h6-9,12H,4-5,11H2,1-3H3. The first-order chi connectivity index (χ1) is 6.52. The van der Waals surface area contributed by atoms with Gasteiger partial charge in [-0.05, 0) is 31.8 Å². The van der Waals surface area contributed by atoms with E-state index in [2.05, 4.69) is 19.2 Å². The molecule has 0 saturated carbocycles. The highest BCUT2D eigenvalue weighted by Crippen LogP contribution is 2.25. The Kier molecular flexibility index (Phi) is 3.89. The molecule has 3 N–H and O–H groups in total. The maximum absolute atomic E-state index is 11.7. The van der Waals surface area contributed by atoms with Crippen LogP contribution < -0.4 is 11.1 Å². The van der Waals surface area contributed by atoms with Crippen molar-refractivity contribution >= 4 is 5.97 Å². The molecule has 0 aromatic heterocycles. The summed E-state index contributed by atoms with van der Waals surface area (Å²) in [6.07, 6.45) is -0.503. The highest BCUT2D eigenvalue weighted by atomic mass is 16.6. The molecule has 0 bridgehead atoms. The van der Waals surface area contributed by atoms with Gasteiger partial charge >= 0.3 is 5.97 Å². The average Bonchev–Trinajstić information content (AvgIpc) is 2.01. The lowest BCUT2D eigenvalue weighted by molar-refractivity contribution is -0.157. The number of rotatable bonds is 2. The number of piperidine rings is 1. The van der Waals surface area contributed by atoms with E-state index in [0.717, 1.165) is 13.1 Å². The fourth-order valence-corrected chi connectivity index (χ4v) is 2.08. The van der Waals surface area contributed by atoms with E-state index >= 15 is 0 Å². The second-order valence-electron chi connectivity index (χ2n) is 4.28. The van der Waals surface area contributed by atoms with Crippen LogP contribution in [0.3, 0.4) is 0 Å². The van der Waals surface area contributed by atoms with Crippen molar-refractivity contribution in [2.45, 2.75) is 27.0 Å². The van der Waals surface area contributed by atoms with E-state index in [1.807, 2.05) is 0 Å². The fourth-order valence-electron chi connectivity index (χ4n) is 2.08. The van der Waals surface area contributed by atoms with Crippen molar-refractivity contribution in [3.63, 3.8) is 0 Å². The summed E-state index contributed by atoms with van der Waals surface area (Å²) >= 11 is 0. The number of nitrogens with two attached hydrogens (primary N) is 1. The fraction of sp³-hybridized carbons (Fsp3) is 0.900. The molecule has 3 unspecified atom stereocenters. The zero-order chi connectivity index (χ0) is 10.7. The molecule has 1 aliphatic rings. The van der Waals surface area contributed by atoms with E-state index in [9.17, 15) is 4.79 Å². The van der Waals surface area contributed by atoms with Gasteiger partial charge in [0.25, 0.3) is 0 Å². The molecular formula is C10H20N2O2. The average molecular weight is 200 g/mol. The molecule has 1 fully saturated rings. The van der Waals surface area contributed by atoms with Crippen LogP contribution >= 0.6 is 0 Å². The van der Waals surface area contributed by atoms with Gasteiger partial charge < -0.3 is 10.1 Å². The Morgan fingerprint density at radius 1 is 1.43 bits per heavy atom. The van der Waals surface area contributed by atoms with Gasteiger partial charge in [-0.3, -0.25) is 10.5 Å². The summed E-state index contributed by atoms with van der Waals surface area (Å²) in [5, 5.41) is 3.28. The van der Waals surface area contributed by atoms with E-state index in [-0.39, 0.29) is 11.9 Å². The zero-order valence-electron chi connectivity index (χ0n) is 9.12. The van der Waals surface area contributed by atoms with Gasteiger partial charge in [-0.1, -0.05) is 13.8 Å². The van der Waals surface area contributed by atoms with E-state index in [4.69, 9.17) is 10.5 Å². The topological polar surface area (TPSA) is 64.3 Å². The van der Waals surface area contributed by atoms with Gasteiger partial charge in [0, 0.05) is 0 Å². The number of hydrogen-bond acceptors (Lipinski definition) is 4. The molecule has 0 aromatic rings. The van der Waals surface area contributed by atoms with Crippen LogP contribution in [0.1, 0.15) is 20.8 Å². The maximum atomic E-state index is 11.7. The third-order valence-corrected chi connectivity index (χ3v) is 2.73. The predicted molar refractivity (Wildman–Crippen MR) is 54.4 cm³/mol. The Hall–Kier alpha value is -0.610. The van der Waals surface area contributed by atoms with Crippen LogP contribution in [-0.2, 0) is 9.53 Å². The normalized spacial score (nSPS) is 35.0. The molecule has 0 aromatic carbocycles. The van der Waals surface area contributed by atoms with Crippen molar-refractivity contribution in [1.82, 2.24) is 5.32 Å². The molecule has 0 spiro atoms. The largest absolute Gasteiger partial charge is 0.447 e. The van der Waals surface area contributed by atoms with Gasteiger partial charge in [-0.2, -0.15) is 0 Å². The minimum atomic E-state index is -0.503. The maximum Gasteiger partial charge on any atom is 0.311 e. The zero-order valence-corrected chi connectivity index (χ0v) is 9.12. The second-order valence-corrected chi connectivity index (χ2v) is 4.28. The molecule has 0 aliphatic carbocycles. The first-order valence-corrected chi connectivity index (χ1v) is 5.19. The summed E-state index contributed by atoms with van der Waals surface area (Å²) < 4.78 is 5.04. The van der Waals surface area contributed by atoms with Crippen molar-refractivity contribution in [3.8, 4) is 0 Å². The first-order valence-electron chi connectivity index (χ1n) is 5.19. The number of ether oxygens (including phenoxy) is 1. The van der Waals surface area contributed by atoms with Gasteiger partial charge in [0.05, 0.1) is 5.92 Å². The van der Waals surface area contributed by atoms with Crippen LogP contribution in [0, 0.1) is 17.8 Å². The Bertz CT molecular complexity index is 196. The van der Waals surface area contributed by atoms with Gasteiger partial charge in [0.2, 0.25) is 0 Å². The third-order valence-electron chi connectivity index (χ3n) is 2.73. The van der Waals surface area contributed by atoms with Crippen molar-refractivity contribution in [2.24, 2.45) is 23.5 Å². The summed E-state index contributed by atoms with van der Waals surface area (Å²) in [4.78, 5) is 11.7. The predicted octanol–water partition coefficient (Wildman–Crippen LogP) is 0.326. The smallest absolute Gasteiger partial charge is 0.311 e. The number of carbonyl (C=O) groups is 1. The Labute approximate surface area is 85.2 Å². The summed E-state index contributed by atoms with van der Waals surface area (Å²) in [5.74, 6) is 0.485. The van der Waals surface area contributed by atoms with E-state index < -0.39 is 6.23 Å². The molecule has 1 heterocycles. The Morgan fingerprint density at radius 2 is 1.93 bits per heavy atom. The summed E-state index contributed by atoms with van der Waals surface area (Å²) in [7, 11) is 0. The first kappa shape index (κ1) is 11.5. The van der Waals surface area contributed by atoms with Crippen LogP contribution in [0.5, 0.6) is 0 Å². The number of esters is 1. The molecule has 4 heteroatoms. The van der Waals surface area contributed by atoms with E-state index in [0.29, 0.717) is 11.8 Å². The van der Waals surface area contributed by atoms with Crippen molar-refractivity contribution in [2.75, 3.05) is 13.1 Å². The molecule has 1 saturated heterocycles. The summed E-state index contributed by atoms with van der Waals surface area (Å²) in [6.45, 7) is 7.56. The SMILES string of the molecule is CC(N)OC(=O)C1C(C)CNCC1C. The molecular weight excluding hydrogens is 180 g/mol. The molecule has 1 rings (SSSR count). The molecule has 0 amide bonds. The lowest BCUT2D eigenvalue weighted by Crippen LogP contribution is -2.46. The molecule has 82 valence electrons. The van der Waals surface area contributed by atoms with Crippen LogP contribution in [0.2, 0.25) is 0 Å². The Balaban J connectivity index is 2.58. The van der Waals surface area contributed by atoms with Gasteiger partial charge in [0.15, 0.2) is 0 Å². The highest BCUT2D eigenvalue weighted by molar-refractivity contribution is 5.73. The Morgan fingerprint density at radius 3 is 2.36 bits per heavy atom. The lowest BCUT2D eigenvalue weighted by Gasteiger charge is -2.33. The minimum absolute atomic E-state index is 0.0118. The van der Waals surface area contributed by atoms with Crippen LogP contribution in [0.25, 0.3) is 0 Å². The van der Waals surface area contributed by atoms with Crippen molar-refractivity contribution in [1.29, 1.82) is 0 Å². The minimum Gasteiger partial charge on any atom is -0.447 e. The van der Waals surface area contributed by atoms with Crippen molar-refractivity contribution < 1.29 is 9.53 Å². The summed E-state index contributed by atoms with van der Waals surface area (Å²) in [6, 6.07) is 0.